The number of amides is 3. The van der Waals surface area contributed by atoms with Gasteiger partial charge in [0.25, 0.3) is 5.91 Å². The van der Waals surface area contributed by atoms with Gasteiger partial charge in [-0.25, -0.2) is 0 Å². The number of ether oxygens (including phenoxy) is 1. The first-order chi connectivity index (χ1) is 13.3. The summed E-state index contributed by atoms with van der Waals surface area (Å²) in [5.41, 5.74) is 7.45. The van der Waals surface area contributed by atoms with E-state index in [0.29, 0.717) is 22.1 Å². The van der Waals surface area contributed by atoms with Gasteiger partial charge in [0.15, 0.2) is 6.61 Å². The van der Waals surface area contributed by atoms with Crippen LogP contribution in [0.25, 0.3) is 0 Å². The summed E-state index contributed by atoms with van der Waals surface area (Å²) < 4.78 is 5.48. The van der Waals surface area contributed by atoms with E-state index >= 15 is 0 Å². The molecule has 0 aliphatic carbocycles. The Balaban J connectivity index is 1.54. The summed E-state index contributed by atoms with van der Waals surface area (Å²) in [7, 11) is 0. The Bertz CT molecular complexity index is 914. The molecule has 28 heavy (non-hydrogen) atoms. The van der Waals surface area contributed by atoms with Crippen molar-refractivity contribution in [3.05, 3.63) is 53.1 Å². The Kier molecular flexibility index (Phi) is 5.84. The molecule has 146 valence electrons. The Hall–Kier alpha value is -3.06. The van der Waals surface area contributed by atoms with E-state index in [1.165, 1.54) is 4.90 Å². The van der Waals surface area contributed by atoms with Crippen molar-refractivity contribution in [1.29, 1.82) is 0 Å². The van der Waals surface area contributed by atoms with Crippen LogP contribution >= 0.6 is 11.6 Å². The first kappa shape index (κ1) is 19.7. The van der Waals surface area contributed by atoms with Crippen LogP contribution in [0.1, 0.15) is 12.0 Å². The molecule has 2 aromatic rings. The SMILES string of the molecule is Cc1ccc(NC(=O)COc2ccc(N3CC(C(N)=O)CC3=O)cc2)cc1Cl. The maximum Gasteiger partial charge on any atom is 0.262 e. The highest BCUT2D eigenvalue weighted by Gasteiger charge is 2.33. The van der Waals surface area contributed by atoms with Crippen LogP contribution in [0.3, 0.4) is 0 Å². The Morgan fingerprint density at radius 2 is 1.96 bits per heavy atom. The van der Waals surface area contributed by atoms with Crippen molar-refractivity contribution < 1.29 is 19.1 Å². The third kappa shape index (κ3) is 4.61. The van der Waals surface area contributed by atoms with Crippen LogP contribution in [0.5, 0.6) is 5.75 Å². The van der Waals surface area contributed by atoms with Crippen molar-refractivity contribution in [3.63, 3.8) is 0 Å². The lowest BCUT2D eigenvalue weighted by molar-refractivity contribution is -0.123. The van der Waals surface area contributed by atoms with E-state index in [9.17, 15) is 14.4 Å². The number of benzene rings is 2. The number of hydrogen-bond donors (Lipinski definition) is 2. The zero-order chi connectivity index (χ0) is 20.3. The third-order valence-electron chi connectivity index (χ3n) is 4.50. The Morgan fingerprint density at radius 1 is 1.25 bits per heavy atom. The molecule has 1 atom stereocenters. The molecule has 7 nitrogen and oxygen atoms in total. The fraction of sp³-hybridized carbons (Fsp3) is 0.250. The van der Waals surface area contributed by atoms with Crippen molar-refractivity contribution in [1.82, 2.24) is 0 Å². The number of carbonyl (C=O) groups is 3. The van der Waals surface area contributed by atoms with Gasteiger partial charge in [0, 0.05) is 29.4 Å². The van der Waals surface area contributed by atoms with Crippen LogP contribution in [0.2, 0.25) is 5.02 Å². The number of anilines is 2. The third-order valence-corrected chi connectivity index (χ3v) is 4.91. The average Bonchev–Trinajstić information content (AvgIpc) is 3.06. The van der Waals surface area contributed by atoms with Gasteiger partial charge >= 0.3 is 0 Å². The fourth-order valence-corrected chi connectivity index (χ4v) is 3.07. The molecule has 3 amide bonds. The molecule has 2 aromatic carbocycles. The van der Waals surface area contributed by atoms with Crippen LogP contribution in [-0.2, 0) is 14.4 Å². The number of nitrogens with two attached hydrogens (primary N) is 1. The van der Waals surface area contributed by atoms with Gasteiger partial charge in [-0.1, -0.05) is 17.7 Å². The lowest BCUT2D eigenvalue weighted by Crippen LogP contribution is -2.28. The zero-order valence-corrected chi connectivity index (χ0v) is 16.0. The molecule has 0 radical (unpaired) electrons. The van der Waals surface area contributed by atoms with Gasteiger partial charge in [-0.05, 0) is 48.9 Å². The summed E-state index contributed by atoms with van der Waals surface area (Å²) in [6, 6.07) is 12.0. The molecular formula is C20H20ClN3O4. The number of halogens is 1. The molecule has 0 bridgehead atoms. The van der Waals surface area contributed by atoms with Crippen LogP contribution < -0.4 is 20.7 Å². The normalized spacial score (nSPS) is 16.1. The molecule has 1 fully saturated rings. The number of carbonyl (C=O) groups excluding carboxylic acids is 3. The lowest BCUT2D eigenvalue weighted by Gasteiger charge is -2.16. The predicted molar refractivity (Wildman–Crippen MR) is 106 cm³/mol. The summed E-state index contributed by atoms with van der Waals surface area (Å²) in [4.78, 5) is 36.9. The summed E-state index contributed by atoms with van der Waals surface area (Å²) in [6.07, 6.45) is 0.122. The maximum absolute atomic E-state index is 12.0. The molecule has 1 saturated heterocycles. The number of hydrogen-bond acceptors (Lipinski definition) is 4. The van der Waals surface area contributed by atoms with Crippen LogP contribution in [0.4, 0.5) is 11.4 Å². The second-order valence-electron chi connectivity index (χ2n) is 6.60. The number of rotatable bonds is 6. The minimum Gasteiger partial charge on any atom is -0.484 e. The molecule has 1 aliphatic heterocycles. The van der Waals surface area contributed by atoms with Gasteiger partial charge in [-0.15, -0.1) is 0 Å². The largest absolute Gasteiger partial charge is 0.484 e. The monoisotopic (exact) mass is 401 g/mol. The lowest BCUT2D eigenvalue weighted by atomic mass is 10.1. The molecule has 1 aliphatic rings. The first-order valence-electron chi connectivity index (χ1n) is 8.72. The van der Waals surface area contributed by atoms with E-state index in [2.05, 4.69) is 5.32 Å². The summed E-state index contributed by atoms with van der Waals surface area (Å²) in [5.74, 6) is -0.922. The fourth-order valence-electron chi connectivity index (χ4n) is 2.89. The standard InChI is InChI=1S/C20H20ClN3O4/c1-12-2-3-14(9-17(12)21)23-18(25)11-28-16-6-4-15(5-7-16)24-10-13(20(22)27)8-19(24)26/h2-7,9,13H,8,10-11H2,1H3,(H2,22,27)(H,23,25). The van der Waals surface area contributed by atoms with Gasteiger partial charge in [0.05, 0.1) is 5.92 Å². The summed E-state index contributed by atoms with van der Waals surface area (Å²) in [6.45, 7) is 1.98. The summed E-state index contributed by atoms with van der Waals surface area (Å²) in [5, 5.41) is 3.29. The number of primary amides is 1. The van der Waals surface area contributed by atoms with Crippen molar-refractivity contribution in [3.8, 4) is 5.75 Å². The van der Waals surface area contributed by atoms with Gasteiger partial charge in [-0.2, -0.15) is 0 Å². The quantitative estimate of drug-likeness (QED) is 0.776. The van der Waals surface area contributed by atoms with Crippen molar-refractivity contribution in [2.75, 3.05) is 23.4 Å². The van der Waals surface area contributed by atoms with Gasteiger partial charge < -0.3 is 20.7 Å². The molecule has 8 heteroatoms. The minimum atomic E-state index is -0.475. The molecule has 0 aromatic heterocycles. The molecule has 0 spiro atoms. The first-order valence-corrected chi connectivity index (χ1v) is 9.10. The second-order valence-corrected chi connectivity index (χ2v) is 7.01. The van der Waals surface area contributed by atoms with Gasteiger partial charge in [-0.3, -0.25) is 14.4 Å². The van der Waals surface area contributed by atoms with Crippen LogP contribution in [-0.4, -0.2) is 30.9 Å². The maximum atomic E-state index is 12.0. The molecule has 3 N–H and O–H groups in total. The summed E-state index contributed by atoms with van der Waals surface area (Å²) >= 11 is 6.04. The van der Waals surface area contributed by atoms with E-state index in [1.54, 1.807) is 36.4 Å². The highest BCUT2D eigenvalue weighted by molar-refractivity contribution is 6.31. The van der Waals surface area contributed by atoms with Gasteiger partial charge in [0.2, 0.25) is 11.8 Å². The van der Waals surface area contributed by atoms with E-state index in [0.717, 1.165) is 5.56 Å². The smallest absolute Gasteiger partial charge is 0.262 e. The van der Waals surface area contributed by atoms with E-state index in [-0.39, 0.29) is 31.4 Å². The molecular weight excluding hydrogens is 382 g/mol. The average molecular weight is 402 g/mol. The minimum absolute atomic E-state index is 0.122. The molecule has 1 unspecified atom stereocenters. The second kappa shape index (κ2) is 8.31. The molecule has 1 heterocycles. The van der Waals surface area contributed by atoms with E-state index in [1.807, 2.05) is 13.0 Å². The molecule has 3 rings (SSSR count). The van der Waals surface area contributed by atoms with E-state index < -0.39 is 11.8 Å². The highest BCUT2D eigenvalue weighted by Crippen LogP contribution is 2.26. The Labute approximate surface area is 167 Å². The van der Waals surface area contributed by atoms with Crippen molar-refractivity contribution >= 4 is 40.7 Å². The number of nitrogens with zero attached hydrogens (tertiary/aromatic N) is 1. The number of nitrogens with one attached hydrogen (secondary N) is 1. The van der Waals surface area contributed by atoms with Crippen molar-refractivity contribution in [2.24, 2.45) is 11.7 Å². The predicted octanol–water partition coefficient (Wildman–Crippen LogP) is 2.50. The number of aryl methyl sites for hydroxylation is 1. The van der Waals surface area contributed by atoms with Crippen LogP contribution in [0, 0.1) is 12.8 Å². The van der Waals surface area contributed by atoms with Crippen molar-refractivity contribution in [2.45, 2.75) is 13.3 Å². The Morgan fingerprint density at radius 3 is 2.57 bits per heavy atom. The zero-order valence-electron chi connectivity index (χ0n) is 15.3. The highest BCUT2D eigenvalue weighted by atomic mass is 35.5. The van der Waals surface area contributed by atoms with E-state index in [4.69, 9.17) is 22.1 Å². The van der Waals surface area contributed by atoms with Crippen LogP contribution in [0.15, 0.2) is 42.5 Å². The molecule has 0 saturated carbocycles. The topological polar surface area (TPSA) is 102 Å². The van der Waals surface area contributed by atoms with Gasteiger partial charge in [0.1, 0.15) is 5.75 Å².